The number of nitrogens with zero attached hydrogens (tertiary/aromatic N) is 4. The van der Waals surface area contributed by atoms with Gasteiger partial charge in [-0.3, -0.25) is 4.79 Å². The van der Waals surface area contributed by atoms with Crippen LogP contribution in [0.5, 0.6) is 0 Å². The van der Waals surface area contributed by atoms with Gasteiger partial charge in [-0.2, -0.15) is 5.10 Å². The molecule has 0 saturated carbocycles. The number of rotatable bonds is 6. The molecule has 2 aromatic carbocycles. The Morgan fingerprint density at radius 2 is 1.80 bits per heavy atom. The molecular formula is C20H16ClN5OS3. The molecule has 0 fully saturated rings. The van der Waals surface area contributed by atoms with E-state index in [0.29, 0.717) is 14.8 Å². The van der Waals surface area contributed by atoms with E-state index in [1.165, 1.54) is 23.1 Å². The van der Waals surface area contributed by atoms with Crippen molar-refractivity contribution >= 4 is 58.6 Å². The van der Waals surface area contributed by atoms with Crippen LogP contribution in [0.1, 0.15) is 5.69 Å². The molecule has 0 atom stereocenters. The highest BCUT2D eigenvalue weighted by Gasteiger charge is 2.13. The Morgan fingerprint density at radius 1 is 1.10 bits per heavy atom. The molecule has 0 saturated heterocycles. The summed E-state index contributed by atoms with van der Waals surface area (Å²) in [5, 5.41) is 12.6. The largest absolute Gasteiger partial charge is 0.310 e. The third-order valence-corrected chi connectivity index (χ3v) is 6.64. The average Bonchev–Trinajstić information content (AvgIpc) is 3.29. The Balaban J connectivity index is 1.44. The lowest BCUT2D eigenvalue weighted by Gasteiger charge is -2.08. The molecule has 2 heterocycles. The van der Waals surface area contributed by atoms with Crippen LogP contribution in [0.15, 0.2) is 65.0 Å². The zero-order valence-corrected chi connectivity index (χ0v) is 19.0. The summed E-state index contributed by atoms with van der Waals surface area (Å²) in [4.78, 5) is 12.5. The van der Waals surface area contributed by atoms with E-state index >= 15 is 0 Å². The number of aromatic nitrogens is 4. The Morgan fingerprint density at radius 3 is 2.53 bits per heavy atom. The molecule has 0 spiro atoms. The van der Waals surface area contributed by atoms with Gasteiger partial charge in [0.1, 0.15) is 5.82 Å². The number of carbonyl (C=O) groups excluding carboxylic acids is 1. The smallest absolute Gasteiger partial charge is 0.235 e. The second-order valence-corrected chi connectivity index (χ2v) is 9.56. The summed E-state index contributed by atoms with van der Waals surface area (Å²) < 4.78 is 4.72. The summed E-state index contributed by atoms with van der Waals surface area (Å²) in [6, 6.07) is 18.8. The first-order valence-electron chi connectivity index (χ1n) is 8.90. The molecule has 0 bridgehead atoms. The van der Waals surface area contributed by atoms with Gasteiger partial charge in [-0.1, -0.05) is 52.9 Å². The molecule has 152 valence electrons. The van der Waals surface area contributed by atoms with Gasteiger partial charge in [0.15, 0.2) is 8.29 Å². The van der Waals surface area contributed by atoms with Crippen LogP contribution in [-0.4, -0.2) is 31.2 Å². The van der Waals surface area contributed by atoms with Gasteiger partial charge in [0, 0.05) is 11.1 Å². The van der Waals surface area contributed by atoms with Gasteiger partial charge in [-0.25, -0.2) is 9.36 Å². The lowest BCUT2D eigenvalue weighted by molar-refractivity contribution is -0.113. The first-order valence-corrected chi connectivity index (χ1v) is 11.5. The molecule has 0 aliphatic heterocycles. The first-order chi connectivity index (χ1) is 14.5. The second kappa shape index (κ2) is 9.13. The van der Waals surface area contributed by atoms with E-state index in [1.54, 1.807) is 21.5 Å². The molecule has 2 aromatic heterocycles. The van der Waals surface area contributed by atoms with Gasteiger partial charge in [0.2, 0.25) is 5.91 Å². The maximum absolute atomic E-state index is 12.5. The number of halogens is 1. The summed E-state index contributed by atoms with van der Waals surface area (Å²) in [6.45, 7) is 1.89. The Kier molecular flexibility index (Phi) is 6.33. The summed E-state index contributed by atoms with van der Waals surface area (Å²) in [7, 11) is 0. The third-order valence-electron chi connectivity index (χ3n) is 4.03. The van der Waals surface area contributed by atoms with Gasteiger partial charge in [0.05, 0.1) is 22.8 Å². The standard InChI is InChI=1S/C20H16ClN5OS3/c1-13-11-17(25(23-13)15-5-3-2-4-6-15)22-18(27)12-29-19-24-26(20(28)30-19)16-9-7-14(21)8-10-16/h2-11H,12H2,1H3,(H,22,27). The topological polar surface area (TPSA) is 64.7 Å². The quantitative estimate of drug-likeness (QED) is 0.294. The van der Waals surface area contributed by atoms with E-state index < -0.39 is 0 Å². The van der Waals surface area contributed by atoms with Crippen molar-refractivity contribution in [2.75, 3.05) is 11.1 Å². The van der Waals surface area contributed by atoms with Crippen molar-refractivity contribution in [3.8, 4) is 11.4 Å². The highest BCUT2D eigenvalue weighted by molar-refractivity contribution is 8.01. The predicted octanol–water partition coefficient (Wildman–Crippen LogP) is 5.54. The van der Waals surface area contributed by atoms with E-state index in [0.717, 1.165) is 21.4 Å². The summed E-state index contributed by atoms with van der Waals surface area (Å²) in [5.41, 5.74) is 2.54. The maximum atomic E-state index is 12.5. The van der Waals surface area contributed by atoms with Crippen molar-refractivity contribution in [1.29, 1.82) is 0 Å². The van der Waals surface area contributed by atoms with Gasteiger partial charge in [-0.15, -0.1) is 5.10 Å². The average molecular weight is 474 g/mol. The van der Waals surface area contributed by atoms with Crippen LogP contribution in [0.2, 0.25) is 5.02 Å². The monoisotopic (exact) mass is 473 g/mol. The fourth-order valence-corrected chi connectivity index (χ4v) is 5.01. The number of para-hydroxylation sites is 1. The number of amides is 1. The van der Waals surface area contributed by atoms with Gasteiger partial charge in [-0.05, 0) is 55.5 Å². The number of aryl methyl sites for hydroxylation is 1. The van der Waals surface area contributed by atoms with E-state index in [2.05, 4.69) is 15.5 Å². The minimum absolute atomic E-state index is 0.142. The van der Waals surface area contributed by atoms with Crippen molar-refractivity contribution in [1.82, 2.24) is 19.6 Å². The fourth-order valence-electron chi connectivity index (χ4n) is 2.73. The number of carbonyl (C=O) groups is 1. The number of benzene rings is 2. The van der Waals surface area contributed by atoms with Crippen LogP contribution in [0, 0.1) is 10.9 Å². The lowest BCUT2D eigenvalue weighted by Crippen LogP contribution is -2.16. The summed E-state index contributed by atoms with van der Waals surface area (Å²) in [5.74, 6) is 0.696. The molecule has 10 heteroatoms. The number of anilines is 1. The van der Waals surface area contributed by atoms with Gasteiger partial charge in [0.25, 0.3) is 0 Å². The third kappa shape index (κ3) is 4.81. The van der Waals surface area contributed by atoms with E-state index in [4.69, 9.17) is 23.8 Å². The molecule has 0 aliphatic rings. The normalized spacial score (nSPS) is 10.9. The number of hydrogen-bond acceptors (Lipinski definition) is 6. The summed E-state index contributed by atoms with van der Waals surface area (Å²) in [6.07, 6.45) is 0. The van der Waals surface area contributed by atoms with Crippen molar-refractivity contribution in [3.63, 3.8) is 0 Å². The van der Waals surface area contributed by atoms with Crippen molar-refractivity contribution < 1.29 is 4.79 Å². The van der Waals surface area contributed by atoms with Crippen LogP contribution >= 0.6 is 46.9 Å². The molecule has 0 unspecified atom stereocenters. The Hall–Kier alpha value is -2.46. The molecule has 1 N–H and O–H groups in total. The number of thioether (sulfide) groups is 1. The van der Waals surface area contributed by atoms with E-state index in [-0.39, 0.29) is 11.7 Å². The van der Waals surface area contributed by atoms with Crippen molar-refractivity contribution in [2.24, 2.45) is 0 Å². The van der Waals surface area contributed by atoms with Crippen LogP contribution in [0.25, 0.3) is 11.4 Å². The van der Waals surface area contributed by atoms with Crippen LogP contribution in [0.4, 0.5) is 5.82 Å². The predicted molar refractivity (Wildman–Crippen MR) is 125 cm³/mol. The first kappa shape index (κ1) is 20.8. The Labute approximate surface area is 191 Å². The number of nitrogens with one attached hydrogen (secondary N) is 1. The maximum Gasteiger partial charge on any atom is 0.235 e. The van der Waals surface area contributed by atoms with Crippen LogP contribution < -0.4 is 5.32 Å². The molecule has 0 aliphatic carbocycles. The molecule has 30 heavy (non-hydrogen) atoms. The highest BCUT2D eigenvalue weighted by atomic mass is 35.5. The highest BCUT2D eigenvalue weighted by Crippen LogP contribution is 2.25. The van der Waals surface area contributed by atoms with Crippen LogP contribution in [0.3, 0.4) is 0 Å². The SMILES string of the molecule is Cc1cc(NC(=O)CSc2nn(-c3ccc(Cl)cc3)c(=S)s2)n(-c2ccccc2)n1. The molecule has 0 radical (unpaired) electrons. The zero-order valence-electron chi connectivity index (χ0n) is 15.8. The van der Waals surface area contributed by atoms with E-state index in [9.17, 15) is 4.79 Å². The fraction of sp³-hybridized carbons (Fsp3) is 0.100. The minimum atomic E-state index is -0.142. The van der Waals surface area contributed by atoms with Crippen LogP contribution in [-0.2, 0) is 4.79 Å². The molecule has 4 aromatic rings. The van der Waals surface area contributed by atoms with Gasteiger partial charge < -0.3 is 5.32 Å². The molecular weight excluding hydrogens is 458 g/mol. The van der Waals surface area contributed by atoms with Crippen molar-refractivity contribution in [2.45, 2.75) is 11.3 Å². The lowest BCUT2D eigenvalue weighted by atomic mass is 10.3. The van der Waals surface area contributed by atoms with E-state index in [1.807, 2.05) is 55.5 Å². The minimum Gasteiger partial charge on any atom is -0.310 e. The Bertz CT molecular complexity index is 1230. The zero-order chi connectivity index (χ0) is 21.1. The summed E-state index contributed by atoms with van der Waals surface area (Å²) >= 11 is 14.1. The molecule has 6 nitrogen and oxygen atoms in total. The van der Waals surface area contributed by atoms with Gasteiger partial charge >= 0.3 is 0 Å². The molecule has 1 amide bonds. The second-order valence-electron chi connectivity index (χ2n) is 6.28. The number of hydrogen-bond donors (Lipinski definition) is 1. The molecule has 4 rings (SSSR count). The van der Waals surface area contributed by atoms with Crippen molar-refractivity contribution in [3.05, 3.63) is 75.3 Å².